The largest absolute Gasteiger partial charge is 0.455 e. The number of nitrogens with one attached hydrogen (secondary N) is 1. The van der Waals surface area contributed by atoms with Gasteiger partial charge in [-0.2, -0.15) is 4.31 Å². The van der Waals surface area contributed by atoms with Gasteiger partial charge in [0.2, 0.25) is 20.0 Å². The number of piperidine rings is 1. The van der Waals surface area contributed by atoms with Crippen molar-refractivity contribution in [3.63, 3.8) is 0 Å². The number of hydrogen-bond donors (Lipinski definition) is 1. The normalized spacial score (nSPS) is 16.5. The van der Waals surface area contributed by atoms with Gasteiger partial charge in [-0.1, -0.05) is 42.0 Å². The molecule has 1 saturated heterocycles. The van der Waals surface area contributed by atoms with Gasteiger partial charge >= 0.3 is 0 Å². The van der Waals surface area contributed by atoms with Gasteiger partial charge in [0.05, 0.1) is 17.5 Å². The lowest BCUT2D eigenvalue weighted by Crippen LogP contribution is -2.40. The van der Waals surface area contributed by atoms with Gasteiger partial charge < -0.3 is 9.73 Å². The summed E-state index contributed by atoms with van der Waals surface area (Å²) in [5.74, 6) is -1.33. The number of sulfonamides is 2. The highest BCUT2D eigenvalue weighted by atomic mass is 32.2. The highest BCUT2D eigenvalue weighted by Crippen LogP contribution is 2.42. The molecule has 42 heavy (non-hydrogen) atoms. The summed E-state index contributed by atoms with van der Waals surface area (Å²) in [7, 11) is -4.95. The first-order valence-corrected chi connectivity index (χ1v) is 16.7. The maximum atomic E-state index is 14.5. The van der Waals surface area contributed by atoms with Crippen LogP contribution in [-0.2, 0) is 20.0 Å². The SMILES string of the molecule is CNC(=O)c1c(-c2ccc(C)cc2)oc2cc(N(C)S(C)(=O)=O)c([C@H]3CCCN(S(=O)(=O)c4ccccc4F)C3)cc12. The summed E-state index contributed by atoms with van der Waals surface area (Å²) in [5, 5.41) is 3.14. The average Bonchev–Trinajstić information content (AvgIpc) is 3.34. The minimum absolute atomic E-state index is 0.00472. The van der Waals surface area contributed by atoms with E-state index >= 15 is 0 Å². The molecule has 3 aromatic carbocycles. The summed E-state index contributed by atoms with van der Waals surface area (Å²) in [5.41, 5.74) is 3.17. The van der Waals surface area contributed by atoms with Crippen molar-refractivity contribution >= 4 is 42.6 Å². The molecule has 1 N–H and O–H groups in total. The van der Waals surface area contributed by atoms with E-state index in [9.17, 15) is 26.0 Å². The van der Waals surface area contributed by atoms with Crippen molar-refractivity contribution in [2.24, 2.45) is 0 Å². The maximum Gasteiger partial charge on any atom is 0.255 e. The lowest BCUT2D eigenvalue weighted by molar-refractivity contribution is 0.0964. The van der Waals surface area contributed by atoms with Crippen LogP contribution in [0.5, 0.6) is 0 Å². The van der Waals surface area contributed by atoms with E-state index in [0.717, 1.165) is 22.2 Å². The molecule has 2 heterocycles. The van der Waals surface area contributed by atoms with Crippen molar-refractivity contribution in [3.05, 3.63) is 83.2 Å². The second-order valence-electron chi connectivity index (χ2n) is 10.5. The molecule has 222 valence electrons. The van der Waals surface area contributed by atoms with Crippen LogP contribution in [0.2, 0.25) is 0 Å². The van der Waals surface area contributed by atoms with Crippen molar-refractivity contribution in [1.82, 2.24) is 9.62 Å². The molecule has 1 aliphatic rings. The van der Waals surface area contributed by atoms with Crippen LogP contribution in [0, 0.1) is 12.7 Å². The molecule has 4 aromatic rings. The summed E-state index contributed by atoms with van der Waals surface area (Å²) >= 11 is 0. The Morgan fingerprint density at radius 1 is 1.07 bits per heavy atom. The minimum atomic E-state index is -4.15. The van der Waals surface area contributed by atoms with Gasteiger partial charge in [0.15, 0.2) is 0 Å². The smallest absolute Gasteiger partial charge is 0.255 e. The number of carbonyl (C=O) groups excluding carboxylic acids is 1. The number of rotatable bonds is 7. The Kier molecular flexibility index (Phi) is 7.90. The topological polar surface area (TPSA) is 117 Å². The van der Waals surface area contributed by atoms with Crippen molar-refractivity contribution in [2.75, 3.05) is 37.7 Å². The van der Waals surface area contributed by atoms with Gasteiger partial charge in [-0.15, -0.1) is 0 Å². The molecule has 5 rings (SSSR count). The lowest BCUT2D eigenvalue weighted by Gasteiger charge is -2.34. The standard InChI is InChI=1S/C30H32FN3O6S2/c1-19-11-13-20(14-12-19)29-28(30(35)32-2)23-16-22(25(17-26(23)40-29)33(3)41(4,36)37)21-8-7-15-34(18-21)42(38,39)27-10-6-5-9-24(27)31/h5-6,9-14,16-17,21H,7-8,15,18H2,1-4H3,(H,32,35)/t21-/m0/s1. The number of amides is 1. The van der Waals surface area contributed by atoms with E-state index < -0.39 is 36.7 Å². The van der Waals surface area contributed by atoms with E-state index in [1.165, 1.54) is 36.6 Å². The van der Waals surface area contributed by atoms with Gasteiger partial charge in [-0.3, -0.25) is 9.10 Å². The summed E-state index contributed by atoms with van der Waals surface area (Å²) in [6.45, 7) is 2.14. The maximum absolute atomic E-state index is 14.5. The first kappa shape index (κ1) is 29.7. The molecule has 0 bridgehead atoms. The Balaban J connectivity index is 1.69. The molecule has 0 aliphatic carbocycles. The lowest BCUT2D eigenvalue weighted by atomic mass is 9.89. The van der Waals surface area contributed by atoms with Crippen LogP contribution >= 0.6 is 0 Å². The van der Waals surface area contributed by atoms with Gasteiger partial charge in [-0.25, -0.2) is 21.2 Å². The van der Waals surface area contributed by atoms with E-state index in [4.69, 9.17) is 4.42 Å². The summed E-state index contributed by atoms with van der Waals surface area (Å²) in [6.07, 6.45) is 2.10. The molecule has 0 spiro atoms. The van der Waals surface area contributed by atoms with E-state index in [-0.39, 0.29) is 24.6 Å². The number of nitrogens with zero attached hydrogens (tertiary/aromatic N) is 2. The number of aryl methyl sites for hydroxylation is 1. The van der Waals surface area contributed by atoms with Crippen molar-refractivity contribution in [3.8, 4) is 11.3 Å². The number of benzene rings is 3. The molecular formula is C30H32FN3O6S2. The molecule has 1 aromatic heterocycles. The number of fused-ring (bicyclic) bond motifs is 1. The zero-order chi connectivity index (χ0) is 30.4. The van der Waals surface area contributed by atoms with Crippen molar-refractivity contribution in [2.45, 2.75) is 30.6 Å². The second kappa shape index (κ2) is 11.2. The highest BCUT2D eigenvalue weighted by Gasteiger charge is 2.35. The second-order valence-corrected chi connectivity index (χ2v) is 14.4. The van der Waals surface area contributed by atoms with Crippen LogP contribution in [0.25, 0.3) is 22.3 Å². The predicted molar refractivity (Wildman–Crippen MR) is 160 cm³/mol. The van der Waals surface area contributed by atoms with Crippen molar-refractivity contribution < 1.29 is 30.4 Å². The van der Waals surface area contributed by atoms with Gasteiger partial charge in [0.1, 0.15) is 22.1 Å². The number of anilines is 1. The zero-order valence-electron chi connectivity index (χ0n) is 23.7. The monoisotopic (exact) mass is 613 g/mol. The third-order valence-corrected chi connectivity index (χ3v) is 10.8. The van der Waals surface area contributed by atoms with Crippen molar-refractivity contribution in [1.29, 1.82) is 0 Å². The number of hydrogen-bond acceptors (Lipinski definition) is 6. The molecule has 0 radical (unpaired) electrons. The van der Waals surface area contributed by atoms with E-state index in [1.807, 2.05) is 31.2 Å². The summed E-state index contributed by atoms with van der Waals surface area (Å²) < 4.78 is 75.4. The molecule has 0 saturated carbocycles. The predicted octanol–water partition coefficient (Wildman–Crippen LogP) is 4.87. The van der Waals surface area contributed by atoms with Crippen LogP contribution in [0.15, 0.2) is 70.0 Å². The van der Waals surface area contributed by atoms with Crippen LogP contribution in [0.1, 0.15) is 40.2 Å². The molecule has 1 amide bonds. The Morgan fingerprint density at radius 2 is 1.76 bits per heavy atom. The van der Waals surface area contributed by atoms with Gasteiger partial charge in [0.25, 0.3) is 5.91 Å². The van der Waals surface area contributed by atoms with Gasteiger partial charge in [0, 0.05) is 44.2 Å². The molecule has 1 aliphatic heterocycles. The van der Waals surface area contributed by atoms with Gasteiger partial charge in [-0.05, 0) is 49.4 Å². The molecule has 0 unspecified atom stereocenters. The summed E-state index contributed by atoms with van der Waals surface area (Å²) in [4.78, 5) is 12.8. The van der Waals surface area contributed by atoms with Crippen LogP contribution in [-0.4, -0.2) is 60.5 Å². The fourth-order valence-electron chi connectivity index (χ4n) is 5.39. The Labute approximate surface area is 245 Å². The molecule has 9 nitrogen and oxygen atoms in total. The Hall–Kier alpha value is -3.74. The Bertz CT molecular complexity index is 1890. The zero-order valence-corrected chi connectivity index (χ0v) is 25.4. The number of halogens is 1. The van der Waals surface area contributed by atoms with E-state index in [0.29, 0.717) is 46.4 Å². The fraction of sp³-hybridized carbons (Fsp3) is 0.300. The van der Waals surface area contributed by atoms with Crippen LogP contribution < -0.4 is 9.62 Å². The van der Waals surface area contributed by atoms with Crippen LogP contribution in [0.4, 0.5) is 10.1 Å². The molecule has 1 fully saturated rings. The number of carbonyl (C=O) groups is 1. The van der Waals surface area contributed by atoms with E-state index in [2.05, 4.69) is 5.32 Å². The van der Waals surface area contributed by atoms with Crippen LogP contribution in [0.3, 0.4) is 0 Å². The first-order valence-electron chi connectivity index (χ1n) is 13.4. The average molecular weight is 614 g/mol. The summed E-state index contributed by atoms with van der Waals surface area (Å²) in [6, 6.07) is 16.0. The molecule has 1 atom stereocenters. The molecular weight excluding hydrogens is 581 g/mol. The third kappa shape index (κ3) is 5.41. The van der Waals surface area contributed by atoms with E-state index in [1.54, 1.807) is 12.1 Å². The minimum Gasteiger partial charge on any atom is -0.455 e. The highest BCUT2D eigenvalue weighted by molar-refractivity contribution is 7.92. The fourth-order valence-corrected chi connectivity index (χ4v) is 7.50. The number of furan rings is 1. The Morgan fingerprint density at radius 3 is 2.40 bits per heavy atom. The quantitative estimate of drug-likeness (QED) is 0.318. The molecule has 12 heteroatoms. The third-order valence-electron chi connectivity index (χ3n) is 7.72. The first-order chi connectivity index (χ1) is 19.8.